The molecule has 8 heteroatoms. The standard InChI is InChI=1S/C21H38N4O2S.HI/c1-3-5-12-26-14-15-27-13-9-23-21(22-4-2)24-20-6-10-25(11-7-20)17-19-8-16-28-18-19;/h8,16,18,20H,3-7,9-15,17H2,1-2H3,(H2,22,23,24);1H. The first-order valence-corrected chi connectivity index (χ1v) is 11.7. The normalized spacial score (nSPS) is 15.9. The van der Waals surface area contributed by atoms with Crippen molar-refractivity contribution in [1.82, 2.24) is 15.5 Å². The zero-order chi connectivity index (χ0) is 19.9. The van der Waals surface area contributed by atoms with Crippen molar-refractivity contribution in [3.8, 4) is 0 Å². The molecule has 1 aromatic rings. The number of hydrogen-bond acceptors (Lipinski definition) is 5. The second-order valence-corrected chi connectivity index (χ2v) is 7.95. The first-order chi connectivity index (χ1) is 13.8. The average Bonchev–Trinajstić information content (AvgIpc) is 3.21. The molecular weight excluding hydrogens is 499 g/mol. The number of nitrogens with one attached hydrogen (secondary N) is 2. The van der Waals surface area contributed by atoms with Crippen LogP contribution in [0, 0.1) is 0 Å². The Hall–Kier alpha value is -0.420. The lowest BCUT2D eigenvalue weighted by Gasteiger charge is -2.33. The van der Waals surface area contributed by atoms with Crippen LogP contribution in [-0.4, -0.2) is 69.5 Å². The van der Waals surface area contributed by atoms with E-state index in [1.807, 2.05) is 0 Å². The predicted molar refractivity (Wildman–Crippen MR) is 134 cm³/mol. The van der Waals surface area contributed by atoms with E-state index in [-0.39, 0.29) is 24.0 Å². The van der Waals surface area contributed by atoms with Crippen molar-refractivity contribution in [2.24, 2.45) is 4.99 Å². The van der Waals surface area contributed by atoms with Crippen LogP contribution in [0.5, 0.6) is 0 Å². The summed E-state index contributed by atoms with van der Waals surface area (Å²) in [6.07, 6.45) is 4.60. The Morgan fingerprint density at radius 3 is 2.59 bits per heavy atom. The fourth-order valence-corrected chi connectivity index (χ4v) is 3.84. The van der Waals surface area contributed by atoms with Crippen molar-refractivity contribution >= 4 is 41.3 Å². The van der Waals surface area contributed by atoms with E-state index in [1.165, 1.54) is 12.0 Å². The summed E-state index contributed by atoms with van der Waals surface area (Å²) in [5.74, 6) is 0.904. The third-order valence-electron chi connectivity index (χ3n) is 4.78. The molecule has 0 aliphatic carbocycles. The van der Waals surface area contributed by atoms with Gasteiger partial charge in [-0.05, 0) is 48.6 Å². The Labute approximate surface area is 197 Å². The van der Waals surface area contributed by atoms with Crippen molar-refractivity contribution in [2.75, 3.05) is 52.6 Å². The van der Waals surface area contributed by atoms with Crippen LogP contribution in [0.1, 0.15) is 45.1 Å². The van der Waals surface area contributed by atoms with Gasteiger partial charge in [0, 0.05) is 38.8 Å². The lowest BCUT2D eigenvalue weighted by atomic mass is 10.0. The number of unbranched alkanes of at least 4 members (excludes halogenated alkanes) is 1. The van der Waals surface area contributed by atoms with Gasteiger partial charge in [0.05, 0.1) is 26.4 Å². The maximum atomic E-state index is 5.60. The van der Waals surface area contributed by atoms with Crippen molar-refractivity contribution in [3.05, 3.63) is 22.4 Å². The molecule has 1 saturated heterocycles. The number of thiophene rings is 1. The monoisotopic (exact) mass is 538 g/mol. The van der Waals surface area contributed by atoms with Crippen LogP contribution in [0.4, 0.5) is 0 Å². The summed E-state index contributed by atoms with van der Waals surface area (Å²) in [5, 5.41) is 11.4. The Kier molecular flexibility index (Phi) is 15.9. The fourth-order valence-electron chi connectivity index (χ4n) is 3.18. The van der Waals surface area contributed by atoms with Crippen LogP contribution >= 0.6 is 35.3 Å². The lowest BCUT2D eigenvalue weighted by Crippen LogP contribution is -2.48. The van der Waals surface area contributed by atoms with E-state index in [1.54, 1.807) is 11.3 Å². The molecule has 29 heavy (non-hydrogen) atoms. The molecule has 0 bridgehead atoms. The maximum absolute atomic E-state index is 5.60. The summed E-state index contributed by atoms with van der Waals surface area (Å²) in [7, 11) is 0. The highest BCUT2D eigenvalue weighted by Gasteiger charge is 2.20. The summed E-state index contributed by atoms with van der Waals surface area (Å²) in [5.41, 5.74) is 1.43. The summed E-state index contributed by atoms with van der Waals surface area (Å²) in [6, 6.07) is 2.72. The van der Waals surface area contributed by atoms with Crippen molar-refractivity contribution in [2.45, 2.75) is 52.1 Å². The van der Waals surface area contributed by atoms with Gasteiger partial charge in [-0.2, -0.15) is 11.3 Å². The van der Waals surface area contributed by atoms with Gasteiger partial charge in [-0.1, -0.05) is 13.3 Å². The van der Waals surface area contributed by atoms with E-state index < -0.39 is 0 Å². The minimum Gasteiger partial charge on any atom is -0.379 e. The molecule has 1 aromatic heterocycles. The topological polar surface area (TPSA) is 58.1 Å². The summed E-state index contributed by atoms with van der Waals surface area (Å²) >= 11 is 1.78. The van der Waals surface area contributed by atoms with Crippen LogP contribution in [-0.2, 0) is 16.0 Å². The van der Waals surface area contributed by atoms with Crippen molar-refractivity contribution in [3.63, 3.8) is 0 Å². The molecule has 0 aromatic carbocycles. The molecular formula is C21H39IN4O2S. The number of guanidine groups is 1. The quantitative estimate of drug-likeness (QED) is 0.174. The number of hydrogen-bond donors (Lipinski definition) is 2. The molecule has 1 fully saturated rings. The second-order valence-electron chi connectivity index (χ2n) is 7.17. The van der Waals surface area contributed by atoms with Crippen LogP contribution in [0.2, 0.25) is 0 Å². The Balaban J connectivity index is 0.00000420. The largest absolute Gasteiger partial charge is 0.379 e. The molecule has 2 rings (SSSR count). The highest BCUT2D eigenvalue weighted by atomic mass is 127. The minimum atomic E-state index is 0. The number of nitrogens with zero attached hydrogens (tertiary/aromatic N) is 2. The van der Waals surface area contributed by atoms with E-state index in [0.29, 0.717) is 32.4 Å². The summed E-state index contributed by atoms with van der Waals surface area (Å²) < 4.78 is 11.1. The summed E-state index contributed by atoms with van der Waals surface area (Å²) in [6.45, 7) is 11.9. The molecule has 2 heterocycles. The third-order valence-corrected chi connectivity index (χ3v) is 5.51. The molecule has 6 nitrogen and oxygen atoms in total. The molecule has 0 unspecified atom stereocenters. The lowest BCUT2D eigenvalue weighted by molar-refractivity contribution is 0.0497. The van der Waals surface area contributed by atoms with Gasteiger partial charge in [0.1, 0.15) is 0 Å². The van der Waals surface area contributed by atoms with Crippen LogP contribution < -0.4 is 10.6 Å². The van der Waals surface area contributed by atoms with Gasteiger partial charge < -0.3 is 20.1 Å². The zero-order valence-electron chi connectivity index (χ0n) is 18.0. The molecule has 168 valence electrons. The number of likely N-dealkylation sites (tertiary alicyclic amines) is 1. The van der Waals surface area contributed by atoms with Gasteiger partial charge in [0.25, 0.3) is 0 Å². The molecule has 0 atom stereocenters. The SMILES string of the molecule is CCCCOCCOCCN=C(NCC)NC1CCN(Cc2ccsc2)CC1.I. The molecule has 0 spiro atoms. The first kappa shape index (κ1) is 26.6. The van der Waals surface area contributed by atoms with Gasteiger partial charge in [-0.15, -0.1) is 24.0 Å². The second kappa shape index (κ2) is 17.3. The number of rotatable bonds is 13. The van der Waals surface area contributed by atoms with Crippen LogP contribution in [0.15, 0.2) is 21.8 Å². The smallest absolute Gasteiger partial charge is 0.191 e. The molecule has 0 radical (unpaired) electrons. The van der Waals surface area contributed by atoms with Gasteiger partial charge >= 0.3 is 0 Å². The molecule has 1 aliphatic heterocycles. The van der Waals surface area contributed by atoms with Gasteiger partial charge in [0.15, 0.2) is 5.96 Å². The Bertz CT molecular complexity index is 523. The number of piperidine rings is 1. The van der Waals surface area contributed by atoms with E-state index >= 15 is 0 Å². The van der Waals surface area contributed by atoms with E-state index in [0.717, 1.165) is 58.0 Å². The van der Waals surface area contributed by atoms with Crippen molar-refractivity contribution < 1.29 is 9.47 Å². The van der Waals surface area contributed by atoms with E-state index in [4.69, 9.17) is 9.47 Å². The highest BCUT2D eigenvalue weighted by Crippen LogP contribution is 2.15. The van der Waals surface area contributed by atoms with Gasteiger partial charge in [-0.25, -0.2) is 0 Å². The molecule has 0 amide bonds. The zero-order valence-corrected chi connectivity index (χ0v) is 21.2. The maximum Gasteiger partial charge on any atom is 0.191 e. The van der Waals surface area contributed by atoms with Crippen molar-refractivity contribution in [1.29, 1.82) is 0 Å². The summed E-state index contributed by atoms with van der Waals surface area (Å²) in [4.78, 5) is 7.19. The third kappa shape index (κ3) is 12.1. The van der Waals surface area contributed by atoms with Gasteiger partial charge in [-0.3, -0.25) is 9.89 Å². The minimum absolute atomic E-state index is 0. The first-order valence-electron chi connectivity index (χ1n) is 10.8. The van der Waals surface area contributed by atoms with Crippen LogP contribution in [0.25, 0.3) is 0 Å². The van der Waals surface area contributed by atoms with Gasteiger partial charge in [0.2, 0.25) is 0 Å². The van der Waals surface area contributed by atoms with Crippen LogP contribution in [0.3, 0.4) is 0 Å². The molecule has 2 N–H and O–H groups in total. The highest BCUT2D eigenvalue weighted by molar-refractivity contribution is 14.0. The average molecular weight is 539 g/mol. The molecule has 1 aliphatic rings. The number of aliphatic imine (C=N–C) groups is 1. The number of ether oxygens (including phenoxy) is 2. The fraction of sp³-hybridized carbons (Fsp3) is 0.762. The van der Waals surface area contributed by atoms with E-state index in [9.17, 15) is 0 Å². The molecule has 0 saturated carbocycles. The Morgan fingerprint density at radius 1 is 1.17 bits per heavy atom. The predicted octanol–water partition coefficient (Wildman–Crippen LogP) is 3.72. The number of halogens is 1. The Morgan fingerprint density at radius 2 is 1.93 bits per heavy atom. The van der Waals surface area contributed by atoms with E-state index in [2.05, 4.69) is 51.2 Å².